The fraction of sp³-hybridized carbons (Fsp3) is 0.538. The summed E-state index contributed by atoms with van der Waals surface area (Å²) in [5, 5.41) is 3.49. The van der Waals surface area contributed by atoms with Crippen molar-refractivity contribution >= 4 is 0 Å². The van der Waals surface area contributed by atoms with Gasteiger partial charge in [-0.15, -0.1) is 0 Å². The van der Waals surface area contributed by atoms with Crippen LogP contribution in [0.4, 0.5) is 0 Å². The highest BCUT2D eigenvalue weighted by atomic mass is 15.3. The molecular formula is C13H18N2. The number of likely N-dealkylation sites (tertiary alicyclic amines) is 1. The predicted molar refractivity (Wildman–Crippen MR) is 61.6 cm³/mol. The summed E-state index contributed by atoms with van der Waals surface area (Å²) in [7, 11) is 0. The Kier molecular flexibility index (Phi) is 2.47. The van der Waals surface area contributed by atoms with Gasteiger partial charge >= 0.3 is 0 Å². The Morgan fingerprint density at radius 1 is 1.27 bits per heavy atom. The molecule has 2 heterocycles. The molecule has 0 aliphatic carbocycles. The molecule has 0 unspecified atom stereocenters. The second kappa shape index (κ2) is 3.95. The van der Waals surface area contributed by atoms with Gasteiger partial charge in [0.25, 0.3) is 0 Å². The summed E-state index contributed by atoms with van der Waals surface area (Å²) in [6.45, 7) is 4.85. The molecule has 0 bridgehead atoms. The van der Waals surface area contributed by atoms with E-state index in [1.54, 1.807) is 0 Å². The number of rotatable bonds is 2. The van der Waals surface area contributed by atoms with Gasteiger partial charge in [-0.05, 0) is 24.4 Å². The highest BCUT2D eigenvalue weighted by molar-refractivity contribution is 5.15. The zero-order valence-electron chi connectivity index (χ0n) is 9.02. The third-order valence-corrected chi connectivity index (χ3v) is 3.76. The molecule has 3 rings (SSSR count). The van der Waals surface area contributed by atoms with Gasteiger partial charge in [-0.2, -0.15) is 0 Å². The maximum absolute atomic E-state index is 3.49. The lowest BCUT2D eigenvalue weighted by Crippen LogP contribution is -2.62. The zero-order chi connectivity index (χ0) is 10.1. The Balaban J connectivity index is 1.61. The molecule has 1 N–H and O–H groups in total. The minimum atomic E-state index is 0.805. The van der Waals surface area contributed by atoms with Gasteiger partial charge in [-0.1, -0.05) is 30.3 Å². The van der Waals surface area contributed by atoms with Gasteiger partial charge in [0.2, 0.25) is 0 Å². The quantitative estimate of drug-likeness (QED) is 0.781. The fourth-order valence-electron chi connectivity index (χ4n) is 2.84. The van der Waals surface area contributed by atoms with Gasteiger partial charge in [0.1, 0.15) is 0 Å². The number of hydrogen-bond acceptors (Lipinski definition) is 2. The van der Waals surface area contributed by atoms with Gasteiger partial charge in [0.05, 0.1) is 0 Å². The van der Waals surface area contributed by atoms with Crippen LogP contribution in [-0.4, -0.2) is 30.6 Å². The molecule has 1 aromatic rings. The molecule has 0 saturated carbocycles. The van der Waals surface area contributed by atoms with E-state index in [1.807, 2.05) is 0 Å². The van der Waals surface area contributed by atoms with Crippen LogP contribution < -0.4 is 5.32 Å². The predicted octanol–water partition coefficient (Wildman–Crippen LogP) is 1.48. The van der Waals surface area contributed by atoms with Crippen LogP contribution in [0.1, 0.15) is 12.0 Å². The Hall–Kier alpha value is -0.860. The topological polar surface area (TPSA) is 15.3 Å². The highest BCUT2D eigenvalue weighted by Crippen LogP contribution is 2.30. The molecule has 15 heavy (non-hydrogen) atoms. The zero-order valence-corrected chi connectivity index (χ0v) is 9.02. The molecule has 2 atom stereocenters. The summed E-state index contributed by atoms with van der Waals surface area (Å²) < 4.78 is 0. The molecule has 80 valence electrons. The monoisotopic (exact) mass is 202 g/mol. The molecule has 0 aromatic heterocycles. The minimum absolute atomic E-state index is 0.805. The first-order chi connectivity index (χ1) is 7.43. The molecule has 0 radical (unpaired) electrons. The molecule has 2 heteroatoms. The molecule has 1 aromatic carbocycles. The second-order valence-corrected chi connectivity index (χ2v) is 4.74. The average molecular weight is 202 g/mol. The molecule has 2 saturated heterocycles. The molecule has 0 spiro atoms. The minimum Gasteiger partial charge on any atom is -0.315 e. The Bertz CT molecular complexity index is 323. The number of hydrogen-bond donors (Lipinski definition) is 1. The lowest BCUT2D eigenvalue weighted by atomic mass is 9.83. The summed E-state index contributed by atoms with van der Waals surface area (Å²) in [6, 6.07) is 11.6. The van der Waals surface area contributed by atoms with E-state index in [0.717, 1.165) is 18.5 Å². The molecule has 2 nitrogen and oxygen atoms in total. The van der Waals surface area contributed by atoms with E-state index in [4.69, 9.17) is 0 Å². The largest absolute Gasteiger partial charge is 0.315 e. The normalized spacial score (nSPS) is 30.7. The maximum Gasteiger partial charge on any atom is 0.0265 e. The van der Waals surface area contributed by atoms with Crippen molar-refractivity contribution in [2.24, 2.45) is 5.92 Å². The van der Waals surface area contributed by atoms with Gasteiger partial charge in [0, 0.05) is 25.7 Å². The Morgan fingerprint density at radius 2 is 2.13 bits per heavy atom. The van der Waals surface area contributed by atoms with Crippen molar-refractivity contribution in [2.75, 3.05) is 19.6 Å². The van der Waals surface area contributed by atoms with Crippen molar-refractivity contribution in [3.8, 4) is 0 Å². The van der Waals surface area contributed by atoms with Crippen molar-refractivity contribution in [3.63, 3.8) is 0 Å². The Labute approximate surface area is 91.3 Å². The van der Waals surface area contributed by atoms with E-state index in [9.17, 15) is 0 Å². The van der Waals surface area contributed by atoms with Crippen LogP contribution in [0.15, 0.2) is 30.3 Å². The Morgan fingerprint density at radius 3 is 2.93 bits per heavy atom. The molecule has 2 fully saturated rings. The number of piperidine rings is 1. The van der Waals surface area contributed by atoms with Crippen molar-refractivity contribution in [1.82, 2.24) is 10.2 Å². The van der Waals surface area contributed by atoms with Crippen LogP contribution >= 0.6 is 0 Å². The van der Waals surface area contributed by atoms with Crippen LogP contribution in [0.3, 0.4) is 0 Å². The molecule has 0 amide bonds. The third-order valence-electron chi connectivity index (χ3n) is 3.76. The van der Waals surface area contributed by atoms with Crippen LogP contribution in [0.5, 0.6) is 0 Å². The number of benzene rings is 1. The average Bonchev–Trinajstić information content (AvgIpc) is 2.27. The van der Waals surface area contributed by atoms with Gasteiger partial charge in [0.15, 0.2) is 0 Å². The van der Waals surface area contributed by atoms with Crippen molar-refractivity contribution < 1.29 is 0 Å². The van der Waals surface area contributed by atoms with E-state index in [2.05, 4.69) is 40.5 Å². The SMILES string of the molecule is c1ccc(CN2C[C@@H]3CCNC[C@H]32)cc1. The van der Waals surface area contributed by atoms with Crippen LogP contribution in [0.25, 0.3) is 0 Å². The van der Waals surface area contributed by atoms with Gasteiger partial charge in [-0.25, -0.2) is 0 Å². The number of fused-ring (bicyclic) bond motifs is 1. The summed E-state index contributed by atoms with van der Waals surface area (Å²) in [6.07, 6.45) is 1.37. The van der Waals surface area contributed by atoms with Crippen LogP contribution in [-0.2, 0) is 6.54 Å². The van der Waals surface area contributed by atoms with Crippen LogP contribution in [0, 0.1) is 5.92 Å². The van der Waals surface area contributed by atoms with E-state index in [1.165, 1.54) is 31.6 Å². The van der Waals surface area contributed by atoms with Gasteiger partial charge < -0.3 is 5.32 Å². The second-order valence-electron chi connectivity index (χ2n) is 4.74. The standard InChI is InChI=1S/C13H18N2/c1-2-4-11(5-3-1)9-15-10-12-6-7-14-8-13(12)15/h1-5,12-14H,6-10H2/t12-,13+/m0/s1. The van der Waals surface area contributed by atoms with Crippen LogP contribution in [0.2, 0.25) is 0 Å². The van der Waals surface area contributed by atoms with E-state index < -0.39 is 0 Å². The number of nitrogens with zero attached hydrogens (tertiary/aromatic N) is 1. The first-order valence-electron chi connectivity index (χ1n) is 5.92. The number of nitrogens with one attached hydrogen (secondary N) is 1. The lowest BCUT2D eigenvalue weighted by Gasteiger charge is -2.51. The molecule has 2 aliphatic heterocycles. The fourth-order valence-corrected chi connectivity index (χ4v) is 2.84. The van der Waals surface area contributed by atoms with Crippen molar-refractivity contribution in [2.45, 2.75) is 19.0 Å². The lowest BCUT2D eigenvalue weighted by molar-refractivity contribution is -0.0114. The van der Waals surface area contributed by atoms with Gasteiger partial charge in [-0.3, -0.25) is 4.90 Å². The third kappa shape index (κ3) is 1.80. The maximum atomic E-state index is 3.49. The van der Waals surface area contributed by atoms with E-state index in [-0.39, 0.29) is 0 Å². The molecule has 2 aliphatic rings. The highest BCUT2D eigenvalue weighted by Gasteiger charge is 2.39. The summed E-state index contributed by atoms with van der Waals surface area (Å²) in [5.41, 5.74) is 1.45. The first-order valence-corrected chi connectivity index (χ1v) is 5.92. The van der Waals surface area contributed by atoms with Crippen molar-refractivity contribution in [3.05, 3.63) is 35.9 Å². The van der Waals surface area contributed by atoms with E-state index in [0.29, 0.717) is 0 Å². The first kappa shape index (κ1) is 9.37. The summed E-state index contributed by atoms with van der Waals surface area (Å²) in [5.74, 6) is 0.968. The summed E-state index contributed by atoms with van der Waals surface area (Å²) >= 11 is 0. The molecular weight excluding hydrogens is 184 g/mol. The smallest absolute Gasteiger partial charge is 0.0265 e. The van der Waals surface area contributed by atoms with E-state index >= 15 is 0 Å². The summed E-state index contributed by atoms with van der Waals surface area (Å²) in [4.78, 5) is 2.60. The van der Waals surface area contributed by atoms with Crippen molar-refractivity contribution in [1.29, 1.82) is 0 Å².